The van der Waals surface area contributed by atoms with Crippen molar-refractivity contribution in [3.8, 4) is 0 Å². The summed E-state index contributed by atoms with van der Waals surface area (Å²) in [5.41, 5.74) is 1.94. The topological polar surface area (TPSA) is 86.8 Å². The van der Waals surface area contributed by atoms with Crippen LogP contribution < -0.4 is 9.62 Å². The molecule has 0 heterocycles. The Morgan fingerprint density at radius 2 is 1.51 bits per heavy atom. The fraction of sp³-hybridized carbons (Fsp3) is 0.310. The largest absolute Gasteiger partial charge is 0.352 e. The van der Waals surface area contributed by atoms with Gasteiger partial charge < -0.3 is 10.2 Å². The van der Waals surface area contributed by atoms with E-state index < -0.39 is 28.5 Å². The van der Waals surface area contributed by atoms with Crippen molar-refractivity contribution in [2.75, 3.05) is 10.8 Å². The number of rotatable bonds is 11. The summed E-state index contributed by atoms with van der Waals surface area (Å²) in [5.74, 6) is -0.850. The van der Waals surface area contributed by atoms with Gasteiger partial charge >= 0.3 is 0 Å². The van der Waals surface area contributed by atoms with E-state index in [1.165, 1.54) is 35.2 Å². The van der Waals surface area contributed by atoms with Crippen molar-refractivity contribution in [2.24, 2.45) is 0 Å². The average Bonchev–Trinajstić information content (AvgIpc) is 2.87. The first-order valence-corrected chi connectivity index (χ1v) is 14.8. The maximum Gasteiger partial charge on any atom is 0.264 e. The lowest BCUT2D eigenvalue weighted by molar-refractivity contribution is -0.140. The fourth-order valence-corrected chi connectivity index (χ4v) is 6.14. The lowest BCUT2D eigenvalue weighted by Gasteiger charge is -2.34. The molecule has 39 heavy (non-hydrogen) atoms. The Balaban J connectivity index is 2.10. The van der Waals surface area contributed by atoms with Crippen LogP contribution in [0.15, 0.2) is 77.7 Å². The van der Waals surface area contributed by atoms with Crippen LogP contribution in [-0.4, -0.2) is 43.8 Å². The molecule has 1 atom stereocenters. The highest BCUT2D eigenvalue weighted by molar-refractivity contribution is 7.92. The van der Waals surface area contributed by atoms with Gasteiger partial charge in [0.25, 0.3) is 10.0 Å². The molecule has 10 heteroatoms. The second kappa shape index (κ2) is 13.3. The second-order valence-corrected chi connectivity index (χ2v) is 12.2. The van der Waals surface area contributed by atoms with Gasteiger partial charge in [0.05, 0.1) is 10.6 Å². The van der Waals surface area contributed by atoms with Gasteiger partial charge in [-0.05, 0) is 68.7 Å². The Kier molecular flexibility index (Phi) is 10.4. The van der Waals surface area contributed by atoms with E-state index in [2.05, 4.69) is 5.32 Å². The third kappa shape index (κ3) is 7.75. The van der Waals surface area contributed by atoms with Gasteiger partial charge in [0.1, 0.15) is 12.6 Å². The number of halogens is 2. The highest BCUT2D eigenvalue weighted by Gasteiger charge is 2.34. The van der Waals surface area contributed by atoms with Crippen molar-refractivity contribution in [1.82, 2.24) is 10.2 Å². The molecule has 0 unspecified atom stereocenters. The van der Waals surface area contributed by atoms with Crippen molar-refractivity contribution < 1.29 is 18.0 Å². The summed E-state index contributed by atoms with van der Waals surface area (Å²) in [6.45, 7) is 6.99. The Hall–Kier alpha value is -3.07. The van der Waals surface area contributed by atoms with Crippen LogP contribution in [0.25, 0.3) is 0 Å². The first kappa shape index (κ1) is 30.5. The summed E-state index contributed by atoms with van der Waals surface area (Å²) in [7, 11) is -4.20. The monoisotopic (exact) mass is 589 g/mol. The van der Waals surface area contributed by atoms with Crippen LogP contribution >= 0.6 is 23.2 Å². The van der Waals surface area contributed by atoms with Crippen molar-refractivity contribution in [3.63, 3.8) is 0 Å². The fourth-order valence-electron chi connectivity index (χ4n) is 4.20. The normalized spacial score (nSPS) is 12.2. The van der Waals surface area contributed by atoms with Crippen molar-refractivity contribution >= 4 is 50.7 Å². The van der Waals surface area contributed by atoms with E-state index in [0.717, 1.165) is 15.4 Å². The molecular formula is C29H33Cl2N3O4S. The van der Waals surface area contributed by atoms with E-state index in [1.807, 2.05) is 52.0 Å². The van der Waals surface area contributed by atoms with Crippen LogP contribution in [-0.2, 0) is 26.2 Å². The molecule has 0 fully saturated rings. The molecule has 3 aromatic rings. The van der Waals surface area contributed by atoms with Gasteiger partial charge in [0.15, 0.2) is 0 Å². The molecule has 0 aromatic heterocycles. The van der Waals surface area contributed by atoms with Gasteiger partial charge in [-0.25, -0.2) is 8.42 Å². The molecular weight excluding hydrogens is 557 g/mol. The van der Waals surface area contributed by atoms with E-state index in [-0.39, 0.29) is 39.1 Å². The second-order valence-electron chi connectivity index (χ2n) is 9.49. The zero-order valence-corrected chi connectivity index (χ0v) is 24.7. The minimum absolute atomic E-state index is 0.00365. The van der Waals surface area contributed by atoms with Crippen molar-refractivity contribution in [2.45, 2.75) is 57.6 Å². The number of aryl methyl sites for hydroxylation is 1. The van der Waals surface area contributed by atoms with Crippen LogP contribution in [0.5, 0.6) is 0 Å². The molecule has 208 valence electrons. The maximum absolute atomic E-state index is 14.1. The number of carbonyl (C=O) groups excluding carboxylic acids is 2. The van der Waals surface area contributed by atoms with E-state index in [9.17, 15) is 18.0 Å². The molecule has 7 nitrogen and oxygen atoms in total. The highest BCUT2D eigenvalue weighted by Crippen LogP contribution is 2.30. The van der Waals surface area contributed by atoms with Gasteiger partial charge in [-0.15, -0.1) is 0 Å². The van der Waals surface area contributed by atoms with Gasteiger partial charge in [-0.1, -0.05) is 72.6 Å². The van der Waals surface area contributed by atoms with Gasteiger partial charge in [0, 0.05) is 22.6 Å². The number of amides is 2. The van der Waals surface area contributed by atoms with Gasteiger partial charge in [-0.2, -0.15) is 0 Å². The standard InChI is InChI=1S/C29H33Cl2N3O4S/c1-5-27(29(36)32-20(2)3)33(18-22-12-10-9-11-21(22)4)28(35)19-34(25-16-23(30)15-24(31)17-25)39(37,38)26-13-7-6-8-14-26/h6-17,20,27H,5,18-19H2,1-4H3,(H,32,36)/t27-/m0/s1. The molecule has 0 saturated heterocycles. The quantitative estimate of drug-likeness (QED) is 0.305. The minimum atomic E-state index is -4.20. The van der Waals surface area contributed by atoms with Crippen LogP contribution in [0.3, 0.4) is 0 Å². The van der Waals surface area contributed by atoms with Crippen LogP contribution in [0, 0.1) is 6.92 Å². The summed E-state index contributed by atoms with van der Waals surface area (Å²) in [4.78, 5) is 28.7. The van der Waals surface area contributed by atoms with E-state index in [0.29, 0.717) is 6.42 Å². The molecule has 0 radical (unpaired) electrons. The zero-order valence-electron chi connectivity index (χ0n) is 22.4. The van der Waals surface area contributed by atoms with Crippen LogP contribution in [0.4, 0.5) is 5.69 Å². The van der Waals surface area contributed by atoms with Crippen molar-refractivity contribution in [3.05, 3.63) is 94.0 Å². The van der Waals surface area contributed by atoms with Gasteiger partial charge in [0.2, 0.25) is 11.8 Å². The molecule has 2 amide bonds. The number of anilines is 1. The third-order valence-corrected chi connectivity index (χ3v) is 8.39. The number of nitrogens with zero attached hydrogens (tertiary/aromatic N) is 2. The number of sulfonamides is 1. The molecule has 0 aliphatic rings. The first-order chi connectivity index (χ1) is 18.4. The Morgan fingerprint density at radius 1 is 0.923 bits per heavy atom. The van der Waals surface area contributed by atoms with Crippen LogP contribution in [0.1, 0.15) is 38.3 Å². The minimum Gasteiger partial charge on any atom is -0.352 e. The molecule has 0 saturated carbocycles. The molecule has 0 spiro atoms. The molecule has 0 aliphatic heterocycles. The maximum atomic E-state index is 14.1. The number of hydrogen-bond donors (Lipinski definition) is 1. The molecule has 3 rings (SSSR count). The van der Waals surface area contributed by atoms with Gasteiger partial charge in [-0.3, -0.25) is 13.9 Å². The highest BCUT2D eigenvalue weighted by atomic mass is 35.5. The lowest BCUT2D eigenvalue weighted by Crippen LogP contribution is -2.53. The number of hydrogen-bond acceptors (Lipinski definition) is 4. The smallest absolute Gasteiger partial charge is 0.264 e. The number of nitrogens with one attached hydrogen (secondary N) is 1. The van der Waals surface area contributed by atoms with E-state index >= 15 is 0 Å². The number of carbonyl (C=O) groups is 2. The predicted octanol–water partition coefficient (Wildman–Crippen LogP) is 5.83. The van der Waals surface area contributed by atoms with E-state index in [1.54, 1.807) is 18.2 Å². The summed E-state index contributed by atoms with van der Waals surface area (Å²) in [6.07, 6.45) is 0.338. The Morgan fingerprint density at radius 3 is 2.08 bits per heavy atom. The SMILES string of the molecule is CC[C@@H](C(=O)NC(C)C)N(Cc1ccccc1C)C(=O)CN(c1cc(Cl)cc(Cl)c1)S(=O)(=O)c1ccccc1. The van der Waals surface area contributed by atoms with E-state index in [4.69, 9.17) is 23.2 Å². The lowest BCUT2D eigenvalue weighted by atomic mass is 10.1. The predicted molar refractivity (Wildman–Crippen MR) is 157 cm³/mol. The number of benzene rings is 3. The summed E-state index contributed by atoms with van der Waals surface area (Å²) >= 11 is 12.4. The summed E-state index contributed by atoms with van der Waals surface area (Å²) < 4.78 is 28.7. The average molecular weight is 591 g/mol. The molecule has 1 N–H and O–H groups in total. The third-order valence-electron chi connectivity index (χ3n) is 6.16. The molecule has 3 aromatic carbocycles. The van der Waals surface area contributed by atoms with Crippen LogP contribution in [0.2, 0.25) is 10.0 Å². The zero-order chi connectivity index (χ0) is 28.7. The summed E-state index contributed by atoms with van der Waals surface area (Å²) in [6, 6.07) is 18.8. The first-order valence-electron chi connectivity index (χ1n) is 12.6. The Labute approximate surface area is 240 Å². The Bertz CT molecular complexity index is 1390. The molecule has 0 aliphatic carbocycles. The summed E-state index contributed by atoms with van der Waals surface area (Å²) in [5, 5.41) is 3.33. The molecule has 0 bridgehead atoms. The van der Waals surface area contributed by atoms with Crippen molar-refractivity contribution in [1.29, 1.82) is 0 Å².